The van der Waals surface area contributed by atoms with Gasteiger partial charge < -0.3 is 128 Å². The molecule has 8 aliphatic heterocycles. The highest BCUT2D eigenvalue weighted by atomic mass is 32.2. The molecule has 142 heavy (non-hydrogen) atoms. The number of benzene rings is 2. The van der Waals surface area contributed by atoms with Crippen LogP contribution in [0.3, 0.4) is 0 Å². The molecule has 0 amide bonds. The monoisotopic (exact) mass is 1960 g/mol. The molecule has 13 aromatic rings. The number of nitrogens with zero attached hydrogens (tertiary/aromatic N) is 26. The van der Waals surface area contributed by atoms with E-state index < -0.39 is 10.0 Å². The molecular formula is C92H111FN36O12S. The molecule has 0 aliphatic carbocycles. The van der Waals surface area contributed by atoms with E-state index in [4.69, 9.17) is 103 Å². The van der Waals surface area contributed by atoms with Crippen molar-refractivity contribution in [2.24, 2.45) is 0 Å². The zero-order chi connectivity index (χ0) is 98.3. The number of hydrogen-bond acceptors (Lipinski definition) is 47. The highest BCUT2D eigenvalue weighted by Gasteiger charge is 2.31. The lowest BCUT2D eigenvalue weighted by Crippen LogP contribution is -2.44. The van der Waals surface area contributed by atoms with Gasteiger partial charge in [-0.2, -0.15) is 44.2 Å². The Hall–Kier alpha value is -15.3. The lowest BCUT2D eigenvalue weighted by molar-refractivity contribution is 0.0234. The molecule has 0 bridgehead atoms. The second-order valence-electron chi connectivity index (χ2n) is 33.4. The number of nitrogens with one attached hydrogen (secondary N) is 2. The van der Waals surface area contributed by atoms with Crippen LogP contribution in [-0.2, 0) is 43.2 Å². The molecule has 19 heterocycles. The fourth-order valence-corrected chi connectivity index (χ4v) is 16.8. The number of morpholine rings is 5. The average molecular weight is 1960 g/mol. The maximum Gasteiger partial charge on any atom is 0.229 e. The van der Waals surface area contributed by atoms with Gasteiger partial charge in [0, 0.05) is 194 Å². The topological polar surface area (TPSA) is 636 Å². The molecule has 50 heteroatoms. The van der Waals surface area contributed by atoms with Gasteiger partial charge in [0.05, 0.1) is 162 Å². The predicted octanol–water partition coefficient (Wildman–Crippen LogP) is 6.21. The summed E-state index contributed by atoms with van der Waals surface area (Å²) in [6.07, 6.45) is 17.2. The lowest BCUT2D eigenvalue weighted by atomic mass is 10.1. The minimum absolute atomic E-state index is 0.0686. The number of halogens is 1. The van der Waals surface area contributed by atoms with Crippen molar-refractivity contribution >= 4 is 121 Å². The summed E-state index contributed by atoms with van der Waals surface area (Å²) in [4.78, 5) is 97.6. The van der Waals surface area contributed by atoms with E-state index in [-0.39, 0.29) is 71.9 Å². The lowest BCUT2D eigenvalue weighted by Gasteiger charge is -2.31. The summed E-state index contributed by atoms with van der Waals surface area (Å²) >= 11 is 0. The highest BCUT2D eigenvalue weighted by molar-refractivity contribution is 7.88. The number of fused-ring (bicyclic) bond motifs is 1. The molecule has 18 N–H and O–H groups in total. The third kappa shape index (κ3) is 26.8. The van der Waals surface area contributed by atoms with Crippen molar-refractivity contribution in [3.63, 3.8) is 0 Å². The number of sulfonamides is 1. The van der Waals surface area contributed by atoms with Crippen LogP contribution in [0.5, 0.6) is 17.6 Å². The first-order valence-corrected chi connectivity index (χ1v) is 48.2. The summed E-state index contributed by atoms with van der Waals surface area (Å²) < 4.78 is 95.6. The zero-order valence-electron chi connectivity index (χ0n) is 78.1. The van der Waals surface area contributed by atoms with E-state index in [0.717, 1.165) is 73.0 Å². The number of pyridine rings is 2. The summed E-state index contributed by atoms with van der Waals surface area (Å²) in [5.41, 5.74) is 54.9. The highest BCUT2D eigenvalue weighted by Crippen LogP contribution is 2.36. The van der Waals surface area contributed by atoms with Crippen LogP contribution >= 0.6 is 0 Å². The van der Waals surface area contributed by atoms with Gasteiger partial charge in [0.2, 0.25) is 81.2 Å². The fourth-order valence-electron chi connectivity index (χ4n) is 15.9. The van der Waals surface area contributed by atoms with Crippen molar-refractivity contribution < 1.29 is 60.2 Å². The minimum Gasteiger partial charge on any atom is -0.474 e. The minimum atomic E-state index is -3.28. The van der Waals surface area contributed by atoms with Crippen molar-refractivity contribution in [1.82, 2.24) is 104 Å². The first-order valence-electron chi connectivity index (χ1n) is 46.4. The van der Waals surface area contributed by atoms with Crippen LogP contribution in [0.25, 0.3) is 67.2 Å². The first kappa shape index (κ1) is 98.3. The summed E-state index contributed by atoms with van der Waals surface area (Å²) in [7, 11) is -3.28. The number of nitrogens with two attached hydrogens (primary N) is 8. The third-order valence-corrected chi connectivity index (χ3v) is 24.6. The zero-order valence-corrected chi connectivity index (χ0v) is 78.9. The van der Waals surface area contributed by atoms with Gasteiger partial charge in [-0.1, -0.05) is 18.2 Å². The molecule has 0 spiro atoms. The summed E-state index contributed by atoms with van der Waals surface area (Å²) in [5.74, 6) is 6.72. The molecule has 21 rings (SSSR count). The number of ether oxygens (including phenoxy) is 10. The van der Waals surface area contributed by atoms with Crippen molar-refractivity contribution in [2.45, 2.75) is 56.8 Å². The van der Waals surface area contributed by atoms with E-state index in [1.807, 2.05) is 46.2 Å². The molecule has 2 aromatic carbocycles. The average Bonchev–Trinajstić information content (AvgIpc) is 0.805. The standard InChI is InChI=1S/C22H21N7O.C18H18FN7O.C18H26N8O4S.2C17H23N7O3/c23-20-6-3-16(14-25-20)19-13-21(28-22(27-19)29-8-10-30-11-9-29)26-17-4-5-18-15(12-17)2-1-7-24-18;19-13-3-1-2-4-14(13)23-16-9-15(12-10-21-17(20)22-11-12)24-18(25-16)26-5-7-27-8-6-26;1-31(27,28)26-4-2-3-12(11-26)30-15-9-14(13-10-21-17(20)24-16(13)19)22-18(23-15)25-5-7-29-8-6-25;2*18-15-12(10-20-16(19)23-15)13-9-14(27-11-1-5-25-6-2-11)22-17(21-13)24-3-7-26-8-4-24/h1-7,12-14H,8-11H2,(H2,23,25)(H,26,27,28);1-4,9-11H,5-8H2,(H2,20,21,22)(H,23,24,25);9-10,12H,2-8,11H2,1H3,(H4,19,20,21,24);2*9-11H,1-8H2,(H4,18,19,20,23)/t;;12-;;/m..0../s1. The maximum absolute atomic E-state index is 14.0. The van der Waals surface area contributed by atoms with Crippen LogP contribution in [0.4, 0.5) is 104 Å². The van der Waals surface area contributed by atoms with Crippen LogP contribution < -0.4 is 95.2 Å². The van der Waals surface area contributed by atoms with Crippen LogP contribution in [0.2, 0.25) is 0 Å². The Morgan fingerprint density at radius 3 is 1.18 bits per heavy atom. The van der Waals surface area contributed by atoms with Crippen LogP contribution in [0, 0.1) is 5.82 Å². The van der Waals surface area contributed by atoms with Gasteiger partial charge in [0.25, 0.3) is 0 Å². The van der Waals surface area contributed by atoms with E-state index in [1.54, 1.807) is 85.7 Å². The van der Waals surface area contributed by atoms with E-state index in [1.165, 1.54) is 22.8 Å². The molecule has 0 radical (unpaired) electrons. The number of hydrogen-bond donors (Lipinski definition) is 10. The maximum atomic E-state index is 14.0. The van der Waals surface area contributed by atoms with Crippen LogP contribution in [-0.4, -0.2) is 308 Å². The summed E-state index contributed by atoms with van der Waals surface area (Å²) in [5, 5.41) is 7.50. The molecule has 744 valence electrons. The Bertz CT molecular complexity index is 6400. The van der Waals surface area contributed by atoms with Gasteiger partial charge in [-0.3, -0.25) is 4.98 Å². The normalized spacial score (nSPS) is 17.2. The molecule has 8 aliphatic rings. The molecule has 8 fully saturated rings. The molecular weight excluding hydrogens is 1850 g/mol. The number of nitrogen functional groups attached to an aromatic ring is 8. The quantitative estimate of drug-likeness (QED) is 0.0382. The Morgan fingerprint density at radius 2 is 0.754 bits per heavy atom. The van der Waals surface area contributed by atoms with Crippen molar-refractivity contribution in [1.29, 1.82) is 0 Å². The summed E-state index contributed by atoms with van der Waals surface area (Å²) in [6.45, 7) is 16.8. The van der Waals surface area contributed by atoms with E-state index in [2.05, 4.69) is 121 Å². The molecule has 11 aromatic heterocycles. The fraction of sp³-hybridized carbons (Fsp3) is 0.391. The number of piperidine rings is 1. The number of para-hydroxylation sites is 1. The van der Waals surface area contributed by atoms with E-state index >= 15 is 0 Å². The Kier molecular flexibility index (Phi) is 32.6. The van der Waals surface area contributed by atoms with Gasteiger partial charge in [-0.25, -0.2) is 67.6 Å². The van der Waals surface area contributed by atoms with Gasteiger partial charge in [0.1, 0.15) is 59.0 Å². The van der Waals surface area contributed by atoms with Gasteiger partial charge >= 0.3 is 0 Å². The van der Waals surface area contributed by atoms with Gasteiger partial charge in [-0.15, -0.1) is 0 Å². The largest absolute Gasteiger partial charge is 0.474 e. The molecule has 0 saturated carbocycles. The second-order valence-corrected chi connectivity index (χ2v) is 35.4. The van der Waals surface area contributed by atoms with Crippen molar-refractivity contribution in [3.05, 3.63) is 146 Å². The van der Waals surface area contributed by atoms with Gasteiger partial charge in [-0.05, 0) is 61.4 Å². The predicted molar refractivity (Wildman–Crippen MR) is 532 cm³/mol. The number of anilines is 17. The van der Waals surface area contributed by atoms with E-state index in [0.29, 0.717) is 273 Å². The Balaban J connectivity index is 0.000000122. The first-order chi connectivity index (χ1) is 69.1. The summed E-state index contributed by atoms with van der Waals surface area (Å²) in [6, 6.07) is 29.0. The smallest absolute Gasteiger partial charge is 0.229 e. The second kappa shape index (κ2) is 47.1. The molecule has 8 saturated heterocycles. The Labute approximate surface area is 816 Å². The molecule has 0 unspecified atom stereocenters. The molecule has 48 nitrogen and oxygen atoms in total. The Morgan fingerprint density at radius 1 is 0.359 bits per heavy atom. The number of rotatable bonds is 21. The van der Waals surface area contributed by atoms with Crippen molar-refractivity contribution in [2.75, 3.05) is 258 Å². The third-order valence-electron chi connectivity index (χ3n) is 23.4. The molecule has 1 atom stereocenters. The van der Waals surface area contributed by atoms with Gasteiger partial charge in [0.15, 0.2) is 0 Å². The van der Waals surface area contributed by atoms with E-state index in [9.17, 15) is 12.8 Å². The van der Waals surface area contributed by atoms with Crippen LogP contribution in [0.1, 0.15) is 38.5 Å². The number of aromatic nitrogens is 20. The van der Waals surface area contributed by atoms with Crippen molar-refractivity contribution in [3.8, 4) is 73.9 Å². The van der Waals surface area contributed by atoms with Crippen LogP contribution in [0.15, 0.2) is 140 Å². The SMILES string of the molecule is CS(=O)(=O)N1CCC[C@H](Oc2cc(-c3cnc(N)nc3N)nc(N3CCOCC3)n2)C1.Nc1ccc(-c2cc(Nc3ccc4ncccc4c3)nc(N3CCOCC3)n2)cn1.Nc1ncc(-c2cc(Nc3ccccc3F)nc(N3CCOCC3)n2)cn1.Nc1ncc(-c2cc(OC3CCOCC3)nc(N3CCOCC3)n2)c(N)n1.Nc1ncc(-c2cc(OC3CCOCC3)nc(N3CCOCC3)n2)c(N)n1.